The summed E-state index contributed by atoms with van der Waals surface area (Å²) < 4.78 is 7.01. The number of ether oxygens (including phenoxy) is 1. The number of carbonyl (C=O) groups excluding carboxylic acids is 1. The number of pyridine rings is 1. The van der Waals surface area contributed by atoms with Crippen LogP contribution in [0.2, 0.25) is 0 Å². The number of aromatic nitrogens is 1. The zero-order valence-electron chi connectivity index (χ0n) is 13.7. The van der Waals surface area contributed by atoms with Crippen LogP contribution in [0.15, 0.2) is 47.1 Å². The minimum Gasteiger partial charge on any atom is -0.487 e. The van der Waals surface area contributed by atoms with E-state index < -0.39 is 0 Å². The van der Waals surface area contributed by atoms with Crippen molar-refractivity contribution in [3.8, 4) is 5.75 Å². The molecular weight excluding hydrogens is 370 g/mol. The number of hydrogen-bond donors (Lipinski definition) is 1. The van der Waals surface area contributed by atoms with Gasteiger partial charge in [-0.3, -0.25) is 4.79 Å². The Bertz CT molecular complexity index is 714. The molecule has 2 heterocycles. The van der Waals surface area contributed by atoms with Gasteiger partial charge in [-0.05, 0) is 36.8 Å². The Balaban J connectivity index is 1.52. The number of anilines is 1. The quantitative estimate of drug-likeness (QED) is 0.851. The maximum Gasteiger partial charge on any atom is 0.217 e. The highest BCUT2D eigenvalue weighted by Crippen LogP contribution is 2.25. The fraction of sp³-hybridized carbons (Fsp3) is 0.333. The molecule has 2 aromatic rings. The van der Waals surface area contributed by atoms with Gasteiger partial charge in [0, 0.05) is 17.6 Å². The van der Waals surface area contributed by atoms with Crippen LogP contribution in [0.3, 0.4) is 0 Å². The van der Waals surface area contributed by atoms with E-state index in [1.807, 2.05) is 43.3 Å². The summed E-state index contributed by atoms with van der Waals surface area (Å²) in [4.78, 5) is 17.7. The van der Waals surface area contributed by atoms with Crippen molar-refractivity contribution in [3.05, 3.63) is 52.6 Å². The molecule has 1 aromatic carbocycles. The first-order valence-electron chi connectivity index (χ1n) is 7.91. The Morgan fingerprint density at radius 2 is 2.04 bits per heavy atom. The van der Waals surface area contributed by atoms with Crippen molar-refractivity contribution in [2.45, 2.75) is 26.0 Å². The third-order valence-corrected chi connectivity index (χ3v) is 4.48. The van der Waals surface area contributed by atoms with Crippen LogP contribution in [0.25, 0.3) is 0 Å². The van der Waals surface area contributed by atoms with Gasteiger partial charge in [-0.1, -0.05) is 28.1 Å². The maximum absolute atomic E-state index is 11.1. The summed E-state index contributed by atoms with van der Waals surface area (Å²) in [5.41, 5.74) is 1.06. The molecule has 1 aliphatic heterocycles. The first-order chi connectivity index (χ1) is 11.5. The van der Waals surface area contributed by atoms with Gasteiger partial charge in [-0.25, -0.2) is 4.98 Å². The molecule has 1 unspecified atom stereocenters. The van der Waals surface area contributed by atoms with Crippen molar-refractivity contribution in [2.24, 2.45) is 0 Å². The number of amides is 1. The van der Waals surface area contributed by atoms with Crippen LogP contribution in [-0.4, -0.2) is 30.1 Å². The van der Waals surface area contributed by atoms with E-state index in [1.165, 1.54) is 6.92 Å². The summed E-state index contributed by atoms with van der Waals surface area (Å²) in [6, 6.07) is 11.8. The van der Waals surface area contributed by atoms with Gasteiger partial charge >= 0.3 is 0 Å². The molecule has 1 saturated heterocycles. The second kappa shape index (κ2) is 7.21. The number of nitrogens with one attached hydrogen (secondary N) is 1. The average Bonchev–Trinajstić information content (AvgIpc) is 2.50. The van der Waals surface area contributed by atoms with Gasteiger partial charge in [0.05, 0.1) is 19.1 Å². The molecule has 0 spiro atoms. The number of carbonyl (C=O) groups is 1. The summed E-state index contributed by atoms with van der Waals surface area (Å²) in [5.74, 6) is 1.78. The van der Waals surface area contributed by atoms with E-state index in [0.717, 1.165) is 34.7 Å². The highest BCUT2D eigenvalue weighted by molar-refractivity contribution is 9.10. The average molecular weight is 390 g/mol. The third kappa shape index (κ3) is 4.06. The first kappa shape index (κ1) is 16.8. The normalized spacial score (nSPS) is 15.5. The van der Waals surface area contributed by atoms with E-state index in [1.54, 1.807) is 6.20 Å². The zero-order chi connectivity index (χ0) is 17.1. The lowest BCUT2D eigenvalue weighted by Crippen LogP contribution is -2.54. The van der Waals surface area contributed by atoms with Crippen LogP contribution >= 0.6 is 15.9 Å². The predicted molar refractivity (Wildman–Crippen MR) is 97.2 cm³/mol. The highest BCUT2D eigenvalue weighted by atomic mass is 79.9. The third-order valence-electron chi connectivity index (χ3n) is 3.98. The molecule has 0 saturated carbocycles. The fourth-order valence-corrected chi connectivity index (χ4v) is 3.00. The van der Waals surface area contributed by atoms with Crippen LogP contribution < -0.4 is 15.0 Å². The molecule has 1 aliphatic rings. The largest absolute Gasteiger partial charge is 0.487 e. The van der Waals surface area contributed by atoms with Gasteiger partial charge in [0.15, 0.2) is 0 Å². The minimum absolute atomic E-state index is 0.00153. The monoisotopic (exact) mass is 389 g/mol. The van der Waals surface area contributed by atoms with Crippen molar-refractivity contribution in [1.29, 1.82) is 0 Å². The lowest BCUT2D eigenvalue weighted by molar-refractivity contribution is -0.119. The molecule has 1 N–H and O–H groups in total. The zero-order valence-corrected chi connectivity index (χ0v) is 15.3. The van der Waals surface area contributed by atoms with Gasteiger partial charge in [0.1, 0.15) is 17.7 Å². The van der Waals surface area contributed by atoms with E-state index in [2.05, 4.69) is 31.1 Å². The van der Waals surface area contributed by atoms with E-state index in [4.69, 9.17) is 4.74 Å². The van der Waals surface area contributed by atoms with Crippen molar-refractivity contribution in [2.75, 3.05) is 18.0 Å². The predicted octanol–water partition coefficient (Wildman–Crippen LogP) is 3.31. The summed E-state index contributed by atoms with van der Waals surface area (Å²) in [5, 5.41) is 2.87. The van der Waals surface area contributed by atoms with Crippen molar-refractivity contribution < 1.29 is 9.53 Å². The Morgan fingerprint density at radius 1 is 1.33 bits per heavy atom. The topological polar surface area (TPSA) is 54.5 Å². The van der Waals surface area contributed by atoms with Crippen LogP contribution in [-0.2, 0) is 4.79 Å². The highest BCUT2D eigenvalue weighted by Gasteiger charge is 2.29. The molecule has 1 amide bonds. The molecule has 3 rings (SSSR count). The Labute approximate surface area is 150 Å². The molecule has 1 fully saturated rings. The SMILES string of the molecule is CC(=O)NC(C)c1ccc(OC2CN(c3cc(Br)ccn3)C2)cc1. The second-order valence-electron chi connectivity index (χ2n) is 5.97. The Morgan fingerprint density at radius 3 is 2.67 bits per heavy atom. The van der Waals surface area contributed by atoms with Gasteiger partial charge < -0.3 is 15.0 Å². The van der Waals surface area contributed by atoms with Crippen LogP contribution in [0.1, 0.15) is 25.5 Å². The fourth-order valence-electron chi connectivity index (χ4n) is 2.68. The molecule has 5 nitrogen and oxygen atoms in total. The Hall–Kier alpha value is -2.08. The van der Waals surface area contributed by atoms with E-state index in [0.29, 0.717) is 0 Å². The van der Waals surface area contributed by atoms with E-state index >= 15 is 0 Å². The summed E-state index contributed by atoms with van der Waals surface area (Å²) in [6.45, 7) is 5.14. The molecule has 0 aliphatic carbocycles. The van der Waals surface area contributed by atoms with Crippen LogP contribution in [0.4, 0.5) is 5.82 Å². The van der Waals surface area contributed by atoms with Crippen molar-refractivity contribution in [3.63, 3.8) is 0 Å². The second-order valence-corrected chi connectivity index (χ2v) is 6.88. The number of benzene rings is 1. The van der Waals surface area contributed by atoms with Crippen molar-refractivity contribution >= 4 is 27.7 Å². The van der Waals surface area contributed by atoms with E-state index in [-0.39, 0.29) is 18.1 Å². The number of hydrogen-bond acceptors (Lipinski definition) is 4. The summed E-state index contributed by atoms with van der Waals surface area (Å²) in [7, 11) is 0. The van der Waals surface area contributed by atoms with Crippen LogP contribution in [0, 0.1) is 0 Å². The lowest BCUT2D eigenvalue weighted by Gasteiger charge is -2.39. The number of halogens is 1. The summed E-state index contributed by atoms with van der Waals surface area (Å²) in [6.07, 6.45) is 1.96. The summed E-state index contributed by atoms with van der Waals surface area (Å²) >= 11 is 3.46. The molecule has 126 valence electrons. The molecule has 0 bridgehead atoms. The molecule has 0 radical (unpaired) electrons. The molecule has 6 heteroatoms. The van der Waals surface area contributed by atoms with Crippen molar-refractivity contribution in [1.82, 2.24) is 10.3 Å². The standard InChI is InChI=1S/C18H20BrN3O2/c1-12(21-13(2)23)14-3-5-16(6-4-14)24-17-10-22(11-17)18-9-15(19)7-8-20-18/h3-9,12,17H,10-11H2,1-2H3,(H,21,23). The minimum atomic E-state index is -0.0291. The van der Waals surface area contributed by atoms with Gasteiger partial charge in [0.2, 0.25) is 5.91 Å². The first-order valence-corrected chi connectivity index (χ1v) is 8.71. The molecule has 24 heavy (non-hydrogen) atoms. The number of rotatable bonds is 5. The molecule has 1 aromatic heterocycles. The smallest absolute Gasteiger partial charge is 0.217 e. The lowest BCUT2D eigenvalue weighted by atomic mass is 10.1. The van der Waals surface area contributed by atoms with Crippen LogP contribution in [0.5, 0.6) is 5.75 Å². The number of nitrogens with zero attached hydrogens (tertiary/aromatic N) is 2. The van der Waals surface area contributed by atoms with E-state index in [9.17, 15) is 4.79 Å². The Kier molecular flexibility index (Phi) is 5.04. The van der Waals surface area contributed by atoms with Gasteiger partial charge in [-0.15, -0.1) is 0 Å². The maximum atomic E-state index is 11.1. The molecule has 1 atom stereocenters. The van der Waals surface area contributed by atoms with Gasteiger partial charge in [0.25, 0.3) is 0 Å². The van der Waals surface area contributed by atoms with Gasteiger partial charge in [-0.2, -0.15) is 0 Å². The molecular formula is C18H20BrN3O2.